The molecule has 0 fully saturated rings. The van der Waals surface area contributed by atoms with E-state index in [0.717, 1.165) is 0 Å². The first-order chi connectivity index (χ1) is 8.17. The van der Waals surface area contributed by atoms with Crippen LogP contribution in [-0.4, -0.2) is 27.2 Å². The second-order valence-electron chi connectivity index (χ2n) is 3.24. The molecule has 0 unspecified atom stereocenters. The SMILES string of the molecule is COc1cc(NCc2noc(C)n2)nc(N)n1. The molecule has 0 atom stereocenters. The number of methoxy groups -OCH3 is 1. The van der Waals surface area contributed by atoms with E-state index < -0.39 is 0 Å². The number of nitrogens with zero attached hydrogens (tertiary/aromatic N) is 4. The van der Waals surface area contributed by atoms with Crippen molar-refractivity contribution in [3.05, 3.63) is 17.8 Å². The smallest absolute Gasteiger partial charge is 0.225 e. The maximum Gasteiger partial charge on any atom is 0.225 e. The lowest BCUT2D eigenvalue weighted by molar-refractivity contribution is 0.388. The van der Waals surface area contributed by atoms with Gasteiger partial charge in [-0.3, -0.25) is 0 Å². The summed E-state index contributed by atoms with van der Waals surface area (Å²) >= 11 is 0. The van der Waals surface area contributed by atoms with Crippen molar-refractivity contribution in [3.8, 4) is 5.88 Å². The van der Waals surface area contributed by atoms with Crippen LogP contribution in [0, 0.1) is 6.92 Å². The Balaban J connectivity index is 2.05. The van der Waals surface area contributed by atoms with Gasteiger partial charge in [0.15, 0.2) is 5.82 Å². The van der Waals surface area contributed by atoms with Gasteiger partial charge in [-0.2, -0.15) is 15.0 Å². The van der Waals surface area contributed by atoms with Gasteiger partial charge in [0, 0.05) is 13.0 Å². The molecule has 0 aliphatic carbocycles. The first-order valence-electron chi connectivity index (χ1n) is 4.89. The summed E-state index contributed by atoms with van der Waals surface area (Å²) in [7, 11) is 1.51. The van der Waals surface area contributed by atoms with Gasteiger partial charge in [-0.1, -0.05) is 5.16 Å². The second kappa shape index (κ2) is 4.64. The topological polar surface area (TPSA) is 112 Å². The molecule has 2 aromatic heterocycles. The summed E-state index contributed by atoms with van der Waals surface area (Å²) < 4.78 is 9.81. The third-order valence-corrected chi connectivity index (χ3v) is 1.93. The summed E-state index contributed by atoms with van der Waals surface area (Å²) in [6.07, 6.45) is 0. The Labute approximate surface area is 97.2 Å². The van der Waals surface area contributed by atoms with Crippen LogP contribution in [0.25, 0.3) is 0 Å². The first kappa shape index (κ1) is 11.1. The molecule has 0 radical (unpaired) electrons. The van der Waals surface area contributed by atoms with E-state index in [1.807, 2.05) is 0 Å². The molecule has 0 spiro atoms. The maximum absolute atomic E-state index is 5.52. The number of hydrogen-bond acceptors (Lipinski definition) is 8. The standard InChI is InChI=1S/C9H12N6O2/c1-5-12-7(15-17-5)4-11-6-3-8(16-2)14-9(10)13-6/h3H,4H2,1-2H3,(H3,10,11,13,14). The van der Waals surface area contributed by atoms with E-state index in [1.54, 1.807) is 13.0 Å². The van der Waals surface area contributed by atoms with Gasteiger partial charge in [0.2, 0.25) is 17.7 Å². The van der Waals surface area contributed by atoms with Gasteiger partial charge in [-0.15, -0.1) is 0 Å². The highest BCUT2D eigenvalue weighted by Gasteiger charge is 2.05. The summed E-state index contributed by atoms with van der Waals surface area (Å²) in [5, 5.41) is 6.74. The van der Waals surface area contributed by atoms with Crippen molar-refractivity contribution in [1.82, 2.24) is 20.1 Å². The average molecular weight is 236 g/mol. The van der Waals surface area contributed by atoms with Crippen LogP contribution in [0.4, 0.5) is 11.8 Å². The predicted octanol–water partition coefficient (Wildman–Crippen LogP) is 0.371. The number of hydrogen-bond donors (Lipinski definition) is 2. The largest absolute Gasteiger partial charge is 0.481 e. The molecule has 0 aliphatic rings. The van der Waals surface area contributed by atoms with Crippen molar-refractivity contribution in [2.75, 3.05) is 18.2 Å². The monoisotopic (exact) mass is 236 g/mol. The fraction of sp³-hybridized carbons (Fsp3) is 0.333. The molecule has 0 bridgehead atoms. The summed E-state index contributed by atoms with van der Waals surface area (Å²) in [5.41, 5.74) is 5.52. The zero-order valence-electron chi connectivity index (χ0n) is 9.47. The highest BCUT2D eigenvalue weighted by atomic mass is 16.5. The maximum atomic E-state index is 5.52. The Bertz CT molecular complexity index is 512. The van der Waals surface area contributed by atoms with Gasteiger partial charge in [0.1, 0.15) is 5.82 Å². The normalized spacial score (nSPS) is 10.2. The van der Waals surface area contributed by atoms with Crippen LogP contribution in [0.15, 0.2) is 10.6 Å². The van der Waals surface area contributed by atoms with Gasteiger partial charge in [-0.05, 0) is 0 Å². The Morgan fingerprint density at radius 3 is 2.88 bits per heavy atom. The zero-order valence-corrected chi connectivity index (χ0v) is 9.47. The van der Waals surface area contributed by atoms with E-state index >= 15 is 0 Å². The van der Waals surface area contributed by atoms with Crippen molar-refractivity contribution in [1.29, 1.82) is 0 Å². The van der Waals surface area contributed by atoms with Crippen molar-refractivity contribution in [3.63, 3.8) is 0 Å². The molecular weight excluding hydrogens is 224 g/mol. The molecular formula is C9H12N6O2. The highest BCUT2D eigenvalue weighted by molar-refractivity contribution is 5.42. The molecule has 3 N–H and O–H groups in total. The second-order valence-corrected chi connectivity index (χ2v) is 3.24. The number of rotatable bonds is 4. The number of nitrogens with two attached hydrogens (primary N) is 1. The minimum Gasteiger partial charge on any atom is -0.481 e. The average Bonchev–Trinajstić information content (AvgIpc) is 2.72. The first-order valence-corrected chi connectivity index (χ1v) is 4.89. The third kappa shape index (κ3) is 2.80. The van der Waals surface area contributed by atoms with Crippen LogP contribution in [0.1, 0.15) is 11.7 Å². The summed E-state index contributed by atoms with van der Waals surface area (Å²) in [6.45, 7) is 2.11. The van der Waals surface area contributed by atoms with E-state index in [-0.39, 0.29) is 5.95 Å². The fourth-order valence-electron chi connectivity index (χ4n) is 1.22. The number of aromatic nitrogens is 4. The Morgan fingerprint density at radius 1 is 1.41 bits per heavy atom. The van der Waals surface area contributed by atoms with E-state index in [0.29, 0.717) is 30.0 Å². The molecule has 2 heterocycles. The molecule has 2 rings (SSSR count). The lowest BCUT2D eigenvalue weighted by Crippen LogP contribution is -2.06. The number of aryl methyl sites for hydroxylation is 1. The van der Waals surface area contributed by atoms with Crippen molar-refractivity contribution >= 4 is 11.8 Å². The molecule has 0 aliphatic heterocycles. The Hall–Kier alpha value is -2.38. The molecule has 8 nitrogen and oxygen atoms in total. The lowest BCUT2D eigenvalue weighted by atomic mass is 10.5. The van der Waals surface area contributed by atoms with E-state index in [1.165, 1.54) is 7.11 Å². The minimum absolute atomic E-state index is 0.135. The number of nitrogen functional groups attached to an aromatic ring is 1. The molecule has 0 saturated heterocycles. The number of ether oxygens (including phenoxy) is 1. The number of anilines is 2. The van der Waals surface area contributed by atoms with E-state index in [2.05, 4.69) is 25.4 Å². The van der Waals surface area contributed by atoms with E-state index in [9.17, 15) is 0 Å². The van der Waals surface area contributed by atoms with Crippen LogP contribution < -0.4 is 15.8 Å². The third-order valence-electron chi connectivity index (χ3n) is 1.93. The van der Waals surface area contributed by atoms with Gasteiger partial charge in [0.25, 0.3) is 0 Å². The van der Waals surface area contributed by atoms with Crippen LogP contribution in [0.5, 0.6) is 5.88 Å². The summed E-state index contributed by atoms with van der Waals surface area (Å²) in [6, 6.07) is 1.63. The predicted molar refractivity (Wildman–Crippen MR) is 59.4 cm³/mol. The summed E-state index contributed by atoms with van der Waals surface area (Å²) in [5.74, 6) is 2.12. The Morgan fingerprint density at radius 2 is 2.24 bits per heavy atom. The molecule has 2 aromatic rings. The fourth-order valence-corrected chi connectivity index (χ4v) is 1.22. The molecule has 8 heteroatoms. The quantitative estimate of drug-likeness (QED) is 0.783. The molecule has 0 saturated carbocycles. The summed E-state index contributed by atoms with van der Waals surface area (Å²) in [4.78, 5) is 11.9. The van der Waals surface area contributed by atoms with Crippen molar-refractivity contribution in [2.45, 2.75) is 13.5 Å². The van der Waals surface area contributed by atoms with Crippen molar-refractivity contribution < 1.29 is 9.26 Å². The minimum atomic E-state index is 0.135. The highest BCUT2D eigenvalue weighted by Crippen LogP contribution is 2.14. The van der Waals surface area contributed by atoms with Crippen LogP contribution in [0.3, 0.4) is 0 Å². The number of nitrogens with one attached hydrogen (secondary N) is 1. The van der Waals surface area contributed by atoms with Crippen molar-refractivity contribution in [2.24, 2.45) is 0 Å². The Kier molecular flexibility index (Phi) is 3.03. The van der Waals surface area contributed by atoms with Crippen LogP contribution in [-0.2, 0) is 6.54 Å². The molecule has 0 amide bonds. The van der Waals surface area contributed by atoms with Gasteiger partial charge in [0.05, 0.1) is 13.7 Å². The molecule has 0 aromatic carbocycles. The van der Waals surface area contributed by atoms with Crippen LogP contribution >= 0.6 is 0 Å². The van der Waals surface area contributed by atoms with E-state index in [4.69, 9.17) is 15.0 Å². The van der Waals surface area contributed by atoms with Gasteiger partial charge in [-0.25, -0.2) is 0 Å². The van der Waals surface area contributed by atoms with Gasteiger partial charge >= 0.3 is 0 Å². The molecule has 90 valence electrons. The van der Waals surface area contributed by atoms with Gasteiger partial charge < -0.3 is 20.3 Å². The molecule has 17 heavy (non-hydrogen) atoms. The zero-order chi connectivity index (χ0) is 12.3. The van der Waals surface area contributed by atoms with Crippen LogP contribution in [0.2, 0.25) is 0 Å². The lowest BCUT2D eigenvalue weighted by Gasteiger charge is -2.05.